The highest BCUT2D eigenvalue weighted by molar-refractivity contribution is 6.35. The van der Waals surface area contributed by atoms with Crippen molar-refractivity contribution in [3.63, 3.8) is 0 Å². The Morgan fingerprint density at radius 2 is 1.57 bits per heavy atom. The molecule has 0 aliphatic carbocycles. The zero-order valence-electron chi connectivity index (χ0n) is 28.3. The van der Waals surface area contributed by atoms with Crippen LogP contribution in [0.1, 0.15) is 62.4 Å². The average molecular weight is 686 g/mol. The quantitative estimate of drug-likeness (QED) is 0.198. The van der Waals surface area contributed by atoms with Gasteiger partial charge in [0.25, 0.3) is 0 Å². The molecule has 0 bridgehead atoms. The number of nitrogens with zero attached hydrogens (tertiary/aromatic N) is 5. The van der Waals surface area contributed by atoms with Crippen LogP contribution >= 0.6 is 11.6 Å². The number of hydrogen-bond donors (Lipinski definition) is 2. The van der Waals surface area contributed by atoms with Crippen molar-refractivity contribution in [2.75, 3.05) is 44.6 Å². The molecule has 2 aromatic carbocycles. The summed E-state index contributed by atoms with van der Waals surface area (Å²) < 4.78 is 11.4. The number of ether oxygens (including phenoxy) is 2. The van der Waals surface area contributed by atoms with Crippen LogP contribution in [-0.2, 0) is 4.74 Å². The number of halogens is 1. The Hall–Kier alpha value is -4.19. The van der Waals surface area contributed by atoms with Crippen molar-refractivity contribution in [2.45, 2.75) is 70.2 Å². The van der Waals surface area contributed by atoms with E-state index >= 15 is 0 Å². The minimum absolute atomic E-state index is 0.207. The topological polar surface area (TPSA) is 116 Å². The van der Waals surface area contributed by atoms with Crippen molar-refractivity contribution in [1.29, 1.82) is 0 Å². The van der Waals surface area contributed by atoms with Crippen molar-refractivity contribution in [3.05, 3.63) is 77.2 Å². The van der Waals surface area contributed by atoms with Crippen molar-refractivity contribution < 1.29 is 19.1 Å². The summed E-state index contributed by atoms with van der Waals surface area (Å²) in [6, 6.07) is 15.8. The van der Waals surface area contributed by atoms with Crippen molar-refractivity contribution in [2.24, 2.45) is 0 Å². The molecule has 0 atom stereocenters. The van der Waals surface area contributed by atoms with Crippen LogP contribution in [0.4, 0.5) is 10.6 Å². The fourth-order valence-electron chi connectivity index (χ4n) is 7.14. The number of ketones is 1. The highest BCUT2D eigenvalue weighted by Crippen LogP contribution is 2.33. The summed E-state index contributed by atoms with van der Waals surface area (Å²) in [5, 5.41) is 4.63. The number of hydrogen-bond acceptors (Lipinski definition) is 9. The lowest BCUT2D eigenvalue weighted by Crippen LogP contribution is -2.63. The third-order valence-electron chi connectivity index (χ3n) is 9.79. The second kappa shape index (κ2) is 14.0. The van der Waals surface area contributed by atoms with E-state index in [2.05, 4.69) is 30.1 Å². The third-order valence-corrected chi connectivity index (χ3v) is 10.1. The summed E-state index contributed by atoms with van der Waals surface area (Å²) in [5.41, 5.74) is 0.999. The first-order valence-electron chi connectivity index (χ1n) is 17.2. The summed E-state index contributed by atoms with van der Waals surface area (Å²) in [4.78, 5) is 45.2. The lowest BCUT2D eigenvalue weighted by molar-refractivity contribution is -0.0253. The maximum atomic E-state index is 13.8. The number of anilines is 1. The van der Waals surface area contributed by atoms with Crippen LogP contribution in [0.25, 0.3) is 11.0 Å². The van der Waals surface area contributed by atoms with Gasteiger partial charge in [0.05, 0.1) is 16.0 Å². The highest BCUT2D eigenvalue weighted by atomic mass is 35.5. The number of fused-ring (bicyclic) bond motifs is 1. The van der Waals surface area contributed by atoms with Gasteiger partial charge in [-0.1, -0.05) is 29.8 Å². The largest absolute Gasteiger partial charge is 0.457 e. The lowest BCUT2D eigenvalue weighted by atomic mass is 9.95. The monoisotopic (exact) mass is 685 g/mol. The molecule has 0 unspecified atom stereocenters. The van der Waals surface area contributed by atoms with Gasteiger partial charge in [0.1, 0.15) is 34.9 Å². The SMILES string of the molecule is CC(C)(C)OC(=O)N1CC(N2CCC(N3CCC(Nc4ncnc5[nH]cc(C(=O)c6ccc(Oc7ccccc7)cc6Cl)c45)CC3)CC2)C1. The van der Waals surface area contributed by atoms with E-state index in [0.717, 1.165) is 65.0 Å². The van der Waals surface area contributed by atoms with E-state index < -0.39 is 5.60 Å². The van der Waals surface area contributed by atoms with Crippen LogP contribution in [0.15, 0.2) is 61.1 Å². The van der Waals surface area contributed by atoms with Crippen LogP contribution in [0, 0.1) is 0 Å². The molecule has 2 aromatic heterocycles. The van der Waals surface area contributed by atoms with Gasteiger partial charge in [-0.25, -0.2) is 14.8 Å². The van der Waals surface area contributed by atoms with E-state index in [-0.39, 0.29) is 17.9 Å². The van der Waals surface area contributed by atoms with Crippen molar-refractivity contribution >= 4 is 40.3 Å². The smallest absolute Gasteiger partial charge is 0.410 e. The number of carbonyl (C=O) groups excluding carboxylic acids is 2. The van der Waals surface area contributed by atoms with E-state index in [0.29, 0.717) is 56.6 Å². The predicted molar refractivity (Wildman–Crippen MR) is 190 cm³/mol. The number of nitrogens with one attached hydrogen (secondary N) is 2. The van der Waals surface area contributed by atoms with Crippen molar-refractivity contribution in [1.82, 2.24) is 29.7 Å². The molecule has 3 aliphatic rings. The minimum atomic E-state index is -0.462. The summed E-state index contributed by atoms with van der Waals surface area (Å²) in [5.74, 6) is 1.69. The molecular formula is C37H44ClN7O4. The van der Waals surface area contributed by atoms with Crippen LogP contribution in [0.2, 0.25) is 5.02 Å². The van der Waals surface area contributed by atoms with Gasteiger partial charge < -0.3 is 29.6 Å². The fraction of sp³-hybridized carbons (Fsp3) is 0.459. The first-order valence-corrected chi connectivity index (χ1v) is 17.6. The molecule has 0 saturated carbocycles. The molecule has 3 saturated heterocycles. The summed E-state index contributed by atoms with van der Waals surface area (Å²) >= 11 is 6.62. The van der Waals surface area contributed by atoms with Gasteiger partial charge in [0.15, 0.2) is 5.78 Å². The van der Waals surface area contributed by atoms with E-state index in [4.69, 9.17) is 21.1 Å². The Kier molecular flexibility index (Phi) is 9.50. The molecule has 0 spiro atoms. The van der Waals surface area contributed by atoms with Gasteiger partial charge in [0, 0.05) is 75.2 Å². The van der Waals surface area contributed by atoms with E-state index in [1.807, 2.05) is 56.0 Å². The molecule has 49 heavy (non-hydrogen) atoms. The van der Waals surface area contributed by atoms with Crippen LogP contribution in [0.5, 0.6) is 11.5 Å². The first kappa shape index (κ1) is 33.3. The van der Waals surface area contributed by atoms with Crippen LogP contribution in [0.3, 0.4) is 0 Å². The number of aromatic amines is 1. The number of amides is 1. The average Bonchev–Trinajstić information content (AvgIpc) is 3.50. The number of likely N-dealkylation sites (tertiary alicyclic amines) is 3. The molecule has 3 fully saturated rings. The van der Waals surface area contributed by atoms with Crippen LogP contribution in [-0.4, -0.2) is 105 Å². The number of aromatic nitrogens is 3. The zero-order chi connectivity index (χ0) is 34.1. The van der Waals surface area contributed by atoms with Gasteiger partial charge in [0.2, 0.25) is 0 Å². The first-order chi connectivity index (χ1) is 23.6. The number of para-hydroxylation sites is 1. The zero-order valence-corrected chi connectivity index (χ0v) is 29.1. The predicted octanol–water partition coefficient (Wildman–Crippen LogP) is 6.59. The molecule has 1 amide bonds. The second-order valence-electron chi connectivity index (χ2n) is 14.3. The summed E-state index contributed by atoms with van der Waals surface area (Å²) in [6.45, 7) is 11.4. The Labute approximate surface area is 291 Å². The number of piperidine rings is 2. The summed E-state index contributed by atoms with van der Waals surface area (Å²) in [6.07, 6.45) is 7.26. The lowest BCUT2D eigenvalue weighted by Gasteiger charge is -2.49. The number of rotatable bonds is 8. The Bertz CT molecular complexity index is 1790. The second-order valence-corrected chi connectivity index (χ2v) is 14.7. The normalized spacial score (nSPS) is 18.7. The standard InChI is InChI=1S/C37H44ClN7O4/c1-37(2,3)49-36(47)45-21-26(22-45)44-17-13-25(14-18-44)43-15-11-24(12-16-43)42-35-32-30(20-39-34(32)40-23-41-35)33(46)29-10-9-28(19-31(29)38)48-27-7-5-4-6-8-27/h4-10,19-20,23-26H,11-18,21-22H2,1-3H3,(H2,39,40,41,42). The van der Waals surface area contributed by atoms with Gasteiger partial charge in [-0.3, -0.25) is 9.69 Å². The minimum Gasteiger partial charge on any atom is -0.457 e. The maximum absolute atomic E-state index is 13.8. The van der Waals surface area contributed by atoms with Gasteiger partial charge in [-0.05, 0) is 70.7 Å². The van der Waals surface area contributed by atoms with E-state index in [9.17, 15) is 9.59 Å². The third kappa shape index (κ3) is 7.54. The Morgan fingerprint density at radius 3 is 2.27 bits per heavy atom. The summed E-state index contributed by atoms with van der Waals surface area (Å²) in [7, 11) is 0. The van der Waals surface area contributed by atoms with Gasteiger partial charge >= 0.3 is 6.09 Å². The number of carbonyl (C=O) groups is 2. The van der Waals surface area contributed by atoms with Crippen molar-refractivity contribution in [3.8, 4) is 11.5 Å². The molecule has 0 radical (unpaired) electrons. The highest BCUT2D eigenvalue weighted by Gasteiger charge is 2.39. The molecule has 4 aromatic rings. The van der Waals surface area contributed by atoms with E-state index in [1.165, 1.54) is 6.33 Å². The number of H-pyrrole nitrogens is 1. The molecule has 5 heterocycles. The van der Waals surface area contributed by atoms with Crippen LogP contribution < -0.4 is 10.1 Å². The molecule has 3 aliphatic heterocycles. The molecule has 12 heteroatoms. The molecule has 7 rings (SSSR count). The van der Waals surface area contributed by atoms with E-state index in [1.54, 1.807) is 24.4 Å². The van der Waals surface area contributed by atoms with Gasteiger partial charge in [-0.15, -0.1) is 0 Å². The molecule has 2 N–H and O–H groups in total. The Balaban J connectivity index is 0.927. The molecular weight excluding hydrogens is 642 g/mol. The fourth-order valence-corrected chi connectivity index (χ4v) is 7.40. The Morgan fingerprint density at radius 1 is 0.878 bits per heavy atom. The molecule has 258 valence electrons. The van der Waals surface area contributed by atoms with Gasteiger partial charge in [-0.2, -0.15) is 0 Å². The number of benzene rings is 2. The maximum Gasteiger partial charge on any atom is 0.410 e. The molecule has 11 nitrogen and oxygen atoms in total.